The Bertz CT molecular complexity index is 505. The van der Waals surface area contributed by atoms with Crippen molar-refractivity contribution in [2.24, 2.45) is 5.92 Å². The van der Waals surface area contributed by atoms with Gasteiger partial charge in [-0.15, -0.1) is 0 Å². The predicted molar refractivity (Wildman–Crippen MR) is 73.1 cm³/mol. The van der Waals surface area contributed by atoms with Gasteiger partial charge in [0.05, 0.1) is 5.69 Å². The lowest BCUT2D eigenvalue weighted by Crippen LogP contribution is -2.38. The first-order valence-electron chi connectivity index (χ1n) is 6.32. The molecule has 0 aliphatic carbocycles. The quantitative estimate of drug-likeness (QED) is 0.914. The van der Waals surface area contributed by atoms with Gasteiger partial charge >= 0.3 is 0 Å². The molecule has 4 nitrogen and oxygen atoms in total. The molecule has 0 radical (unpaired) electrons. The predicted octanol–water partition coefficient (Wildman–Crippen LogP) is 2.15. The Hall–Kier alpha value is -1.07. The van der Waals surface area contributed by atoms with Crippen molar-refractivity contribution in [3.05, 3.63) is 24.3 Å². The molecule has 5 heteroatoms. The second kappa shape index (κ2) is 5.28. The summed E-state index contributed by atoms with van der Waals surface area (Å²) in [4.78, 5) is 0.377. The molecule has 1 aromatic carbocycles. The van der Waals surface area contributed by atoms with Crippen molar-refractivity contribution in [3.63, 3.8) is 0 Å². The highest BCUT2D eigenvalue weighted by atomic mass is 32.2. The molecular formula is C13H20N2O2S. The summed E-state index contributed by atoms with van der Waals surface area (Å²) in [6, 6.07) is 7.06. The molecule has 0 unspecified atom stereocenters. The van der Waals surface area contributed by atoms with Gasteiger partial charge in [-0.1, -0.05) is 19.1 Å². The third-order valence-electron chi connectivity index (χ3n) is 3.52. The Morgan fingerprint density at radius 1 is 1.22 bits per heavy atom. The molecule has 0 aromatic heterocycles. The molecule has 1 aliphatic rings. The highest BCUT2D eigenvalue weighted by Gasteiger charge is 2.29. The van der Waals surface area contributed by atoms with E-state index in [-0.39, 0.29) is 0 Å². The van der Waals surface area contributed by atoms with Crippen LogP contribution in [0.3, 0.4) is 0 Å². The maximum atomic E-state index is 12.6. The van der Waals surface area contributed by atoms with Crippen LogP contribution in [0.25, 0.3) is 0 Å². The number of nitrogens with zero attached hydrogens (tertiary/aromatic N) is 1. The Morgan fingerprint density at radius 2 is 1.83 bits per heavy atom. The lowest BCUT2D eigenvalue weighted by atomic mass is 10.0. The van der Waals surface area contributed by atoms with Crippen LogP contribution >= 0.6 is 0 Å². The van der Waals surface area contributed by atoms with Crippen molar-refractivity contribution in [3.8, 4) is 0 Å². The standard InChI is InChI=1S/C13H20N2O2S/c1-11-7-9-15(10-8-11)18(16,17)13-6-4-3-5-12(13)14-2/h3-6,11,14H,7-10H2,1-2H3. The zero-order valence-corrected chi connectivity index (χ0v) is 11.7. The number of nitrogens with one attached hydrogen (secondary N) is 1. The minimum absolute atomic E-state index is 0.377. The smallest absolute Gasteiger partial charge is 0.245 e. The van der Waals surface area contributed by atoms with Gasteiger partial charge in [-0.05, 0) is 30.9 Å². The fourth-order valence-electron chi connectivity index (χ4n) is 2.26. The first kappa shape index (κ1) is 13.4. The SMILES string of the molecule is CNc1ccccc1S(=O)(=O)N1CCC(C)CC1. The van der Waals surface area contributed by atoms with Crippen molar-refractivity contribution < 1.29 is 8.42 Å². The Labute approximate surface area is 109 Å². The number of piperidine rings is 1. The summed E-state index contributed by atoms with van der Waals surface area (Å²) in [7, 11) is -1.61. The zero-order valence-electron chi connectivity index (χ0n) is 10.9. The Balaban J connectivity index is 2.30. The average Bonchev–Trinajstić information content (AvgIpc) is 2.39. The summed E-state index contributed by atoms with van der Waals surface area (Å²) in [5, 5.41) is 2.94. The van der Waals surface area contributed by atoms with E-state index in [9.17, 15) is 8.42 Å². The summed E-state index contributed by atoms with van der Waals surface area (Å²) < 4.78 is 26.7. The topological polar surface area (TPSA) is 49.4 Å². The van der Waals surface area contributed by atoms with Crippen LogP contribution < -0.4 is 5.32 Å². The molecule has 1 saturated heterocycles. The number of hydrogen-bond acceptors (Lipinski definition) is 3. The van der Waals surface area contributed by atoms with E-state index >= 15 is 0 Å². The molecule has 0 spiro atoms. The van der Waals surface area contributed by atoms with Gasteiger partial charge in [0, 0.05) is 20.1 Å². The van der Waals surface area contributed by atoms with Crippen LogP contribution in [-0.4, -0.2) is 32.9 Å². The van der Waals surface area contributed by atoms with E-state index in [4.69, 9.17) is 0 Å². The maximum Gasteiger partial charge on any atom is 0.245 e. The lowest BCUT2D eigenvalue weighted by molar-refractivity contribution is 0.288. The summed E-state index contributed by atoms with van der Waals surface area (Å²) in [5.74, 6) is 0.621. The van der Waals surface area contributed by atoms with Gasteiger partial charge in [0.25, 0.3) is 0 Å². The molecular weight excluding hydrogens is 248 g/mol. The molecule has 100 valence electrons. The molecule has 1 aliphatic heterocycles. The van der Waals surface area contributed by atoms with E-state index in [1.165, 1.54) is 0 Å². The molecule has 0 atom stereocenters. The fourth-order valence-corrected chi connectivity index (χ4v) is 3.93. The van der Waals surface area contributed by atoms with Crippen LogP contribution in [0.15, 0.2) is 29.2 Å². The van der Waals surface area contributed by atoms with E-state index < -0.39 is 10.0 Å². The molecule has 0 bridgehead atoms. The fraction of sp³-hybridized carbons (Fsp3) is 0.538. The van der Waals surface area contributed by atoms with Gasteiger partial charge in [-0.2, -0.15) is 4.31 Å². The molecule has 1 heterocycles. The van der Waals surface area contributed by atoms with E-state index in [1.54, 1.807) is 29.6 Å². The third kappa shape index (κ3) is 2.52. The molecule has 1 fully saturated rings. The first-order chi connectivity index (χ1) is 8.55. The van der Waals surface area contributed by atoms with Crippen molar-refractivity contribution in [2.45, 2.75) is 24.7 Å². The number of benzene rings is 1. The molecule has 2 rings (SSSR count). The summed E-state index contributed by atoms with van der Waals surface area (Å²) in [5.41, 5.74) is 0.663. The van der Waals surface area contributed by atoms with Gasteiger partial charge in [0.15, 0.2) is 0 Å². The van der Waals surface area contributed by atoms with Crippen LogP contribution in [0.2, 0.25) is 0 Å². The number of para-hydroxylation sites is 1. The minimum Gasteiger partial charge on any atom is -0.387 e. The van der Waals surface area contributed by atoms with E-state index in [0.29, 0.717) is 29.6 Å². The molecule has 1 N–H and O–H groups in total. The summed E-state index contributed by atoms with van der Waals surface area (Å²) in [6.45, 7) is 3.43. The second-order valence-electron chi connectivity index (χ2n) is 4.83. The molecule has 0 amide bonds. The van der Waals surface area contributed by atoms with E-state index in [0.717, 1.165) is 12.8 Å². The van der Waals surface area contributed by atoms with Crippen molar-refractivity contribution in [2.75, 3.05) is 25.5 Å². The van der Waals surface area contributed by atoms with Gasteiger partial charge in [0.1, 0.15) is 4.90 Å². The molecule has 1 aromatic rings. The van der Waals surface area contributed by atoms with Crippen LogP contribution in [0.4, 0.5) is 5.69 Å². The van der Waals surface area contributed by atoms with Gasteiger partial charge in [-0.25, -0.2) is 8.42 Å². The summed E-state index contributed by atoms with van der Waals surface area (Å²) >= 11 is 0. The van der Waals surface area contributed by atoms with Crippen molar-refractivity contribution in [1.29, 1.82) is 0 Å². The highest BCUT2D eigenvalue weighted by molar-refractivity contribution is 7.89. The first-order valence-corrected chi connectivity index (χ1v) is 7.76. The minimum atomic E-state index is -3.36. The number of anilines is 1. The number of rotatable bonds is 3. The number of sulfonamides is 1. The average molecular weight is 268 g/mol. The van der Waals surface area contributed by atoms with Crippen LogP contribution in [0.5, 0.6) is 0 Å². The molecule has 0 saturated carbocycles. The van der Waals surface area contributed by atoms with Crippen molar-refractivity contribution >= 4 is 15.7 Å². The Kier molecular flexibility index (Phi) is 3.92. The Morgan fingerprint density at radius 3 is 2.44 bits per heavy atom. The highest BCUT2D eigenvalue weighted by Crippen LogP contribution is 2.27. The maximum absolute atomic E-state index is 12.6. The largest absolute Gasteiger partial charge is 0.387 e. The van der Waals surface area contributed by atoms with Crippen LogP contribution in [0.1, 0.15) is 19.8 Å². The normalized spacial score (nSPS) is 18.8. The lowest BCUT2D eigenvalue weighted by Gasteiger charge is -2.29. The van der Waals surface area contributed by atoms with Crippen molar-refractivity contribution in [1.82, 2.24) is 4.31 Å². The van der Waals surface area contributed by atoms with E-state index in [2.05, 4.69) is 12.2 Å². The van der Waals surface area contributed by atoms with E-state index in [1.807, 2.05) is 6.07 Å². The number of hydrogen-bond donors (Lipinski definition) is 1. The van der Waals surface area contributed by atoms with Gasteiger partial charge < -0.3 is 5.32 Å². The van der Waals surface area contributed by atoms with Gasteiger partial charge in [-0.3, -0.25) is 0 Å². The van der Waals surface area contributed by atoms with Gasteiger partial charge in [0.2, 0.25) is 10.0 Å². The second-order valence-corrected chi connectivity index (χ2v) is 6.74. The zero-order chi connectivity index (χ0) is 13.2. The monoisotopic (exact) mass is 268 g/mol. The van der Waals surface area contributed by atoms with Crippen LogP contribution in [0, 0.1) is 5.92 Å². The third-order valence-corrected chi connectivity index (χ3v) is 5.47. The molecule has 18 heavy (non-hydrogen) atoms. The van der Waals surface area contributed by atoms with Crippen LogP contribution in [-0.2, 0) is 10.0 Å². The summed E-state index contributed by atoms with van der Waals surface area (Å²) in [6.07, 6.45) is 1.89.